The lowest BCUT2D eigenvalue weighted by molar-refractivity contribution is 0.176. The predicted octanol–water partition coefficient (Wildman–Crippen LogP) is 1.33. The molecule has 0 spiro atoms. The van der Waals surface area contributed by atoms with Gasteiger partial charge in [0.15, 0.2) is 0 Å². The first-order valence-corrected chi connectivity index (χ1v) is 6.55. The first-order valence-electron chi connectivity index (χ1n) is 6.55. The van der Waals surface area contributed by atoms with Crippen molar-refractivity contribution in [3.8, 4) is 0 Å². The van der Waals surface area contributed by atoms with Crippen LogP contribution in [0.2, 0.25) is 0 Å². The molecule has 0 bridgehead atoms. The molecule has 2 saturated heterocycles. The first-order chi connectivity index (χ1) is 8.33. The van der Waals surface area contributed by atoms with E-state index < -0.39 is 0 Å². The monoisotopic (exact) mass is 232 g/mol. The molecule has 1 aromatic carbocycles. The van der Waals surface area contributed by atoms with Crippen LogP contribution in [0.25, 0.3) is 0 Å². The summed E-state index contributed by atoms with van der Waals surface area (Å²) in [5.74, 6) is 0. The van der Waals surface area contributed by atoms with Crippen LogP contribution in [0.3, 0.4) is 0 Å². The van der Waals surface area contributed by atoms with Crippen molar-refractivity contribution in [3.05, 3.63) is 30.3 Å². The van der Waals surface area contributed by atoms with E-state index in [1.54, 1.807) is 0 Å². The maximum atomic E-state index is 9.75. The summed E-state index contributed by atoms with van der Waals surface area (Å²) in [6.45, 7) is 4.19. The lowest BCUT2D eigenvalue weighted by Gasteiger charge is -2.27. The molecular weight excluding hydrogens is 212 g/mol. The van der Waals surface area contributed by atoms with Gasteiger partial charge in [-0.05, 0) is 25.0 Å². The maximum Gasteiger partial charge on any atom is 0.0682 e. The minimum Gasteiger partial charge on any atom is -0.392 e. The van der Waals surface area contributed by atoms with Crippen molar-refractivity contribution in [3.63, 3.8) is 0 Å². The van der Waals surface area contributed by atoms with E-state index in [0.29, 0.717) is 6.04 Å². The summed E-state index contributed by atoms with van der Waals surface area (Å²) in [4.78, 5) is 4.91. The molecular formula is C14H20N2O. The van der Waals surface area contributed by atoms with Gasteiger partial charge in [-0.2, -0.15) is 0 Å². The van der Waals surface area contributed by atoms with Gasteiger partial charge < -0.3 is 10.0 Å². The molecule has 17 heavy (non-hydrogen) atoms. The Morgan fingerprint density at radius 3 is 2.71 bits per heavy atom. The molecule has 0 saturated carbocycles. The second-order valence-corrected chi connectivity index (χ2v) is 5.17. The fourth-order valence-electron chi connectivity index (χ4n) is 3.10. The summed E-state index contributed by atoms with van der Waals surface area (Å²) in [7, 11) is 0. The van der Waals surface area contributed by atoms with E-state index >= 15 is 0 Å². The van der Waals surface area contributed by atoms with Gasteiger partial charge in [-0.3, -0.25) is 4.90 Å². The summed E-state index contributed by atoms with van der Waals surface area (Å²) in [5, 5.41) is 9.75. The topological polar surface area (TPSA) is 26.7 Å². The van der Waals surface area contributed by atoms with E-state index in [1.165, 1.54) is 12.1 Å². The van der Waals surface area contributed by atoms with E-state index in [9.17, 15) is 5.11 Å². The molecule has 3 nitrogen and oxygen atoms in total. The second kappa shape index (κ2) is 4.67. The highest BCUT2D eigenvalue weighted by atomic mass is 16.3. The van der Waals surface area contributed by atoms with Gasteiger partial charge in [0.25, 0.3) is 0 Å². The molecule has 2 aliphatic rings. The van der Waals surface area contributed by atoms with Crippen LogP contribution < -0.4 is 4.90 Å². The minimum atomic E-state index is -0.115. The van der Waals surface area contributed by atoms with Crippen molar-refractivity contribution in [2.45, 2.75) is 25.0 Å². The van der Waals surface area contributed by atoms with Gasteiger partial charge in [0.2, 0.25) is 0 Å². The summed E-state index contributed by atoms with van der Waals surface area (Å²) < 4.78 is 0. The Labute approximate surface area is 103 Å². The third-order valence-electron chi connectivity index (χ3n) is 3.93. The van der Waals surface area contributed by atoms with Crippen molar-refractivity contribution in [1.29, 1.82) is 0 Å². The van der Waals surface area contributed by atoms with Gasteiger partial charge >= 0.3 is 0 Å². The van der Waals surface area contributed by atoms with Crippen LogP contribution in [-0.2, 0) is 0 Å². The van der Waals surface area contributed by atoms with Crippen molar-refractivity contribution in [1.82, 2.24) is 4.90 Å². The van der Waals surface area contributed by atoms with E-state index in [4.69, 9.17) is 0 Å². The fourth-order valence-corrected chi connectivity index (χ4v) is 3.10. The van der Waals surface area contributed by atoms with Crippen LogP contribution in [-0.4, -0.2) is 48.3 Å². The van der Waals surface area contributed by atoms with Crippen LogP contribution >= 0.6 is 0 Å². The molecule has 0 aromatic heterocycles. The van der Waals surface area contributed by atoms with Crippen LogP contribution in [0.5, 0.6) is 0 Å². The Morgan fingerprint density at radius 2 is 1.88 bits per heavy atom. The van der Waals surface area contributed by atoms with E-state index in [-0.39, 0.29) is 6.10 Å². The van der Waals surface area contributed by atoms with Crippen LogP contribution in [0, 0.1) is 0 Å². The lowest BCUT2D eigenvalue weighted by Crippen LogP contribution is -2.36. The zero-order valence-electron chi connectivity index (χ0n) is 10.1. The number of rotatable bonds is 1. The number of para-hydroxylation sites is 1. The van der Waals surface area contributed by atoms with Crippen molar-refractivity contribution in [2.24, 2.45) is 0 Å². The van der Waals surface area contributed by atoms with Crippen molar-refractivity contribution >= 4 is 5.69 Å². The molecule has 1 aromatic rings. The Kier molecular flexibility index (Phi) is 3.04. The molecule has 92 valence electrons. The number of hydrogen-bond acceptors (Lipinski definition) is 3. The number of benzene rings is 1. The Morgan fingerprint density at radius 1 is 1.06 bits per heavy atom. The molecule has 2 fully saturated rings. The molecule has 0 radical (unpaired) electrons. The van der Waals surface area contributed by atoms with Crippen LogP contribution in [0.4, 0.5) is 5.69 Å². The molecule has 3 rings (SSSR count). The average Bonchev–Trinajstić information content (AvgIpc) is 2.58. The molecule has 0 amide bonds. The largest absolute Gasteiger partial charge is 0.392 e. The molecule has 2 aliphatic heterocycles. The second-order valence-electron chi connectivity index (χ2n) is 5.17. The zero-order chi connectivity index (χ0) is 11.7. The quantitative estimate of drug-likeness (QED) is 0.791. The molecule has 2 unspecified atom stereocenters. The normalized spacial score (nSPS) is 30.1. The lowest BCUT2D eigenvalue weighted by atomic mass is 10.2. The number of hydrogen-bond donors (Lipinski definition) is 1. The zero-order valence-corrected chi connectivity index (χ0v) is 10.1. The SMILES string of the molecule is OC1CC2CN(c3ccccc3)CCCN2C1. The van der Waals surface area contributed by atoms with E-state index in [2.05, 4.69) is 40.1 Å². The van der Waals surface area contributed by atoms with Crippen molar-refractivity contribution in [2.75, 3.05) is 31.1 Å². The van der Waals surface area contributed by atoms with Gasteiger partial charge in [0, 0.05) is 37.9 Å². The summed E-state index contributed by atoms with van der Waals surface area (Å²) in [6.07, 6.45) is 2.01. The highest BCUT2D eigenvalue weighted by Crippen LogP contribution is 2.24. The third-order valence-corrected chi connectivity index (χ3v) is 3.93. The summed E-state index contributed by atoms with van der Waals surface area (Å²) >= 11 is 0. The highest BCUT2D eigenvalue weighted by molar-refractivity contribution is 5.46. The third kappa shape index (κ3) is 2.31. The number of anilines is 1. The van der Waals surface area contributed by atoms with Gasteiger partial charge in [-0.1, -0.05) is 18.2 Å². The molecule has 0 aliphatic carbocycles. The Bertz CT molecular complexity index is 368. The Hall–Kier alpha value is -1.06. The fraction of sp³-hybridized carbons (Fsp3) is 0.571. The maximum absolute atomic E-state index is 9.75. The average molecular weight is 232 g/mol. The van der Waals surface area contributed by atoms with E-state index in [1.807, 2.05) is 0 Å². The standard InChI is InChI=1S/C14H20N2O/c17-14-9-13-10-15(7-4-8-16(13)11-14)12-5-2-1-3-6-12/h1-3,5-6,13-14,17H,4,7-11H2. The molecule has 2 heterocycles. The highest BCUT2D eigenvalue weighted by Gasteiger charge is 2.33. The predicted molar refractivity (Wildman–Crippen MR) is 69.3 cm³/mol. The van der Waals surface area contributed by atoms with Crippen LogP contribution in [0.1, 0.15) is 12.8 Å². The number of aliphatic hydroxyl groups excluding tert-OH is 1. The van der Waals surface area contributed by atoms with Crippen LogP contribution in [0.15, 0.2) is 30.3 Å². The number of aliphatic hydroxyl groups is 1. The van der Waals surface area contributed by atoms with Gasteiger partial charge in [-0.15, -0.1) is 0 Å². The van der Waals surface area contributed by atoms with Crippen molar-refractivity contribution < 1.29 is 5.11 Å². The van der Waals surface area contributed by atoms with E-state index in [0.717, 1.165) is 32.6 Å². The van der Waals surface area contributed by atoms with Gasteiger partial charge in [0.05, 0.1) is 6.10 Å². The smallest absolute Gasteiger partial charge is 0.0682 e. The minimum absolute atomic E-state index is 0.115. The van der Waals surface area contributed by atoms with Gasteiger partial charge in [0.1, 0.15) is 0 Å². The molecule has 3 heteroatoms. The Balaban J connectivity index is 1.75. The summed E-state index contributed by atoms with van der Waals surface area (Å²) in [6, 6.07) is 11.2. The van der Waals surface area contributed by atoms with Gasteiger partial charge in [-0.25, -0.2) is 0 Å². The number of nitrogens with zero attached hydrogens (tertiary/aromatic N) is 2. The number of fused-ring (bicyclic) bond motifs is 1. The molecule has 2 atom stereocenters. The molecule has 1 N–H and O–H groups in total. The summed E-state index contributed by atoms with van der Waals surface area (Å²) in [5.41, 5.74) is 1.32. The first kappa shape index (κ1) is 11.1.